The van der Waals surface area contributed by atoms with E-state index in [9.17, 15) is 18.3 Å². The fraction of sp³-hybridized carbons (Fsp3) is 0.214. The van der Waals surface area contributed by atoms with Crippen molar-refractivity contribution in [1.29, 1.82) is 0 Å². The first-order valence-electron chi connectivity index (χ1n) is 6.05. The van der Waals surface area contributed by atoms with E-state index in [1.807, 2.05) is 0 Å². The largest absolute Gasteiger partial charge is 0.454 e. The topological polar surface area (TPSA) is 51.6 Å². The maximum atomic E-state index is 13.0. The van der Waals surface area contributed by atoms with Crippen LogP contribution in [-0.2, 0) is 6.18 Å². The van der Waals surface area contributed by atoms with Crippen molar-refractivity contribution in [3.63, 3.8) is 0 Å². The van der Waals surface area contributed by atoms with Crippen molar-refractivity contribution in [3.05, 3.63) is 53.3 Å². The summed E-state index contributed by atoms with van der Waals surface area (Å²) in [5, 5.41) is 10.2. The number of aliphatic hydroxyl groups excluding tert-OH is 1. The molecule has 21 heavy (non-hydrogen) atoms. The Balaban J connectivity index is 2.01. The number of hydrogen-bond acceptors (Lipinski definition) is 4. The molecule has 2 aromatic rings. The molecule has 0 spiro atoms. The second kappa shape index (κ2) is 4.92. The Morgan fingerprint density at radius 2 is 1.90 bits per heavy atom. The van der Waals surface area contributed by atoms with Crippen LogP contribution in [0.1, 0.15) is 22.8 Å². The van der Waals surface area contributed by atoms with Gasteiger partial charge in [0.05, 0.1) is 5.56 Å². The zero-order valence-electron chi connectivity index (χ0n) is 10.6. The van der Waals surface area contributed by atoms with E-state index in [0.717, 1.165) is 18.5 Å². The molecule has 0 amide bonds. The number of nitrogens with zero attached hydrogens (tertiary/aromatic N) is 1. The van der Waals surface area contributed by atoms with Crippen LogP contribution in [0.3, 0.4) is 0 Å². The lowest BCUT2D eigenvalue weighted by atomic mass is 9.98. The van der Waals surface area contributed by atoms with Gasteiger partial charge in [-0.25, -0.2) is 0 Å². The molecular formula is C14H10F3NO3. The van der Waals surface area contributed by atoms with Crippen molar-refractivity contribution >= 4 is 0 Å². The van der Waals surface area contributed by atoms with E-state index in [2.05, 4.69) is 4.98 Å². The minimum Gasteiger partial charge on any atom is -0.454 e. The van der Waals surface area contributed by atoms with Gasteiger partial charge in [-0.1, -0.05) is 6.07 Å². The van der Waals surface area contributed by atoms with E-state index >= 15 is 0 Å². The third kappa shape index (κ3) is 2.52. The molecule has 1 aromatic heterocycles. The Hall–Kier alpha value is -2.28. The van der Waals surface area contributed by atoms with E-state index < -0.39 is 17.8 Å². The first kappa shape index (κ1) is 13.7. The lowest BCUT2D eigenvalue weighted by Crippen LogP contribution is -2.13. The quantitative estimate of drug-likeness (QED) is 0.926. The molecule has 7 heteroatoms. The summed E-state index contributed by atoms with van der Waals surface area (Å²) in [6.45, 7) is 0.0512. The summed E-state index contributed by atoms with van der Waals surface area (Å²) in [5.41, 5.74) is -0.940. The van der Waals surface area contributed by atoms with Crippen molar-refractivity contribution in [2.45, 2.75) is 12.3 Å². The van der Waals surface area contributed by atoms with Crippen LogP contribution < -0.4 is 9.47 Å². The van der Waals surface area contributed by atoms with E-state index in [1.165, 1.54) is 12.1 Å². The molecule has 0 bridgehead atoms. The lowest BCUT2D eigenvalue weighted by molar-refractivity contribution is -0.139. The molecule has 1 N–H and O–H groups in total. The van der Waals surface area contributed by atoms with Gasteiger partial charge in [-0.05, 0) is 23.8 Å². The third-order valence-electron chi connectivity index (χ3n) is 3.16. The number of aliphatic hydroxyl groups is 1. The van der Waals surface area contributed by atoms with E-state index in [0.29, 0.717) is 11.5 Å². The smallest absolute Gasteiger partial charge is 0.416 e. The van der Waals surface area contributed by atoms with Crippen LogP contribution in [0.25, 0.3) is 0 Å². The molecule has 0 fully saturated rings. The van der Waals surface area contributed by atoms with Crippen molar-refractivity contribution < 1.29 is 27.8 Å². The summed E-state index contributed by atoms with van der Waals surface area (Å²) in [4.78, 5) is 3.66. The summed E-state index contributed by atoms with van der Waals surface area (Å²) in [6.07, 6.45) is -3.96. The van der Waals surface area contributed by atoms with Crippen molar-refractivity contribution in [3.8, 4) is 11.5 Å². The summed E-state index contributed by atoms with van der Waals surface area (Å²) in [5.74, 6) is 0.886. The lowest BCUT2D eigenvalue weighted by Gasteiger charge is -2.17. The Bertz CT molecular complexity index is 673. The fourth-order valence-electron chi connectivity index (χ4n) is 2.15. The van der Waals surface area contributed by atoms with Crippen molar-refractivity contribution in [1.82, 2.24) is 4.98 Å². The Morgan fingerprint density at radius 3 is 2.67 bits per heavy atom. The zero-order valence-corrected chi connectivity index (χ0v) is 10.6. The Labute approximate surface area is 117 Å². The molecule has 1 unspecified atom stereocenters. The summed E-state index contributed by atoms with van der Waals surface area (Å²) in [6, 6.07) is 5.33. The minimum atomic E-state index is -4.56. The van der Waals surface area contributed by atoms with Gasteiger partial charge in [0.1, 0.15) is 6.10 Å². The average molecular weight is 297 g/mol. The van der Waals surface area contributed by atoms with Crippen LogP contribution in [0, 0.1) is 0 Å². The van der Waals surface area contributed by atoms with Gasteiger partial charge in [0, 0.05) is 18.0 Å². The van der Waals surface area contributed by atoms with Crippen molar-refractivity contribution in [2.24, 2.45) is 0 Å². The molecule has 0 saturated heterocycles. The number of aromatic nitrogens is 1. The Kier molecular flexibility index (Phi) is 3.21. The zero-order chi connectivity index (χ0) is 15.0. The molecule has 0 saturated carbocycles. The predicted molar refractivity (Wildman–Crippen MR) is 65.9 cm³/mol. The van der Waals surface area contributed by atoms with Gasteiger partial charge in [0.15, 0.2) is 11.5 Å². The average Bonchev–Trinajstić information content (AvgIpc) is 2.93. The van der Waals surface area contributed by atoms with Crippen LogP contribution in [0.15, 0.2) is 36.7 Å². The number of pyridine rings is 1. The number of fused-ring (bicyclic) bond motifs is 1. The van der Waals surface area contributed by atoms with Crippen LogP contribution in [-0.4, -0.2) is 16.9 Å². The monoisotopic (exact) mass is 297 g/mol. The molecule has 1 aromatic carbocycles. The van der Waals surface area contributed by atoms with Gasteiger partial charge in [0.25, 0.3) is 0 Å². The molecule has 1 aliphatic heterocycles. The van der Waals surface area contributed by atoms with Gasteiger partial charge >= 0.3 is 6.18 Å². The van der Waals surface area contributed by atoms with Gasteiger partial charge in [-0.2, -0.15) is 13.2 Å². The molecule has 0 aliphatic carbocycles. The number of benzene rings is 1. The number of hydrogen-bond donors (Lipinski definition) is 1. The highest BCUT2D eigenvalue weighted by Gasteiger charge is 2.35. The van der Waals surface area contributed by atoms with Gasteiger partial charge in [-0.3, -0.25) is 4.98 Å². The predicted octanol–water partition coefficient (Wildman–Crippen LogP) is 2.91. The number of rotatable bonds is 2. The van der Waals surface area contributed by atoms with Gasteiger partial charge < -0.3 is 14.6 Å². The molecule has 0 radical (unpaired) electrons. The first-order chi connectivity index (χ1) is 9.97. The van der Waals surface area contributed by atoms with Crippen LogP contribution in [0.5, 0.6) is 11.5 Å². The standard InChI is InChI=1S/C14H10F3NO3/c15-14(16,17)10-3-4-18-6-9(10)13(19)8-1-2-11-12(5-8)21-7-20-11/h1-6,13,19H,7H2. The minimum absolute atomic E-state index is 0.0512. The molecule has 110 valence electrons. The molecule has 1 aliphatic rings. The highest BCUT2D eigenvalue weighted by atomic mass is 19.4. The summed E-state index contributed by atoms with van der Waals surface area (Å²) >= 11 is 0. The van der Waals surface area contributed by atoms with Crippen LogP contribution in [0.4, 0.5) is 13.2 Å². The third-order valence-corrected chi connectivity index (χ3v) is 3.16. The second-order valence-corrected chi connectivity index (χ2v) is 4.48. The summed E-state index contributed by atoms with van der Waals surface area (Å²) in [7, 11) is 0. The van der Waals surface area contributed by atoms with E-state index in [4.69, 9.17) is 9.47 Å². The molecular weight excluding hydrogens is 287 g/mol. The normalized spacial score (nSPS) is 15.0. The highest BCUT2D eigenvalue weighted by molar-refractivity contribution is 5.47. The maximum Gasteiger partial charge on any atom is 0.416 e. The van der Waals surface area contributed by atoms with E-state index in [-0.39, 0.29) is 17.9 Å². The van der Waals surface area contributed by atoms with Crippen LogP contribution in [0.2, 0.25) is 0 Å². The van der Waals surface area contributed by atoms with Crippen LogP contribution >= 0.6 is 0 Å². The number of ether oxygens (including phenoxy) is 2. The highest BCUT2D eigenvalue weighted by Crippen LogP contribution is 2.39. The number of alkyl halides is 3. The molecule has 3 rings (SSSR count). The SMILES string of the molecule is OC(c1ccc2c(c1)OCO2)c1cnccc1C(F)(F)F. The van der Waals surface area contributed by atoms with Gasteiger partial charge in [-0.15, -0.1) is 0 Å². The van der Waals surface area contributed by atoms with E-state index in [1.54, 1.807) is 6.07 Å². The Morgan fingerprint density at radius 1 is 1.14 bits per heavy atom. The summed E-state index contributed by atoms with van der Waals surface area (Å²) < 4.78 is 49.2. The fourth-order valence-corrected chi connectivity index (χ4v) is 2.15. The second-order valence-electron chi connectivity index (χ2n) is 4.48. The molecule has 1 atom stereocenters. The number of halogens is 3. The molecule has 2 heterocycles. The van der Waals surface area contributed by atoms with Crippen molar-refractivity contribution in [2.75, 3.05) is 6.79 Å². The maximum absolute atomic E-state index is 13.0. The van der Waals surface area contributed by atoms with Gasteiger partial charge in [0.2, 0.25) is 6.79 Å². The first-order valence-corrected chi connectivity index (χ1v) is 6.05. The molecule has 4 nitrogen and oxygen atoms in total.